The number of nitrogens with one attached hydrogen (secondary N) is 1. The Morgan fingerprint density at radius 2 is 2.10 bits per heavy atom. The first kappa shape index (κ1) is 13.9. The van der Waals surface area contributed by atoms with Crippen LogP contribution in [0.1, 0.15) is 33.9 Å². The second-order valence-corrected chi connectivity index (χ2v) is 5.72. The molecule has 2 heterocycles. The van der Waals surface area contributed by atoms with Crippen LogP contribution in [0.25, 0.3) is 0 Å². The Kier molecular flexibility index (Phi) is 3.79. The Labute approximate surface area is 126 Å². The van der Waals surface area contributed by atoms with E-state index in [0.717, 1.165) is 22.8 Å². The highest BCUT2D eigenvalue weighted by Gasteiger charge is 2.18. The quantitative estimate of drug-likeness (QED) is 0.947. The van der Waals surface area contributed by atoms with E-state index >= 15 is 0 Å². The Balaban J connectivity index is 1.75. The number of nitrogens with zero attached hydrogens (tertiary/aromatic N) is 1. The number of hydrogen-bond acceptors (Lipinski definition) is 5. The van der Waals surface area contributed by atoms with Crippen LogP contribution in [-0.2, 0) is 0 Å². The van der Waals surface area contributed by atoms with Gasteiger partial charge in [0.2, 0.25) is 0 Å². The SMILES string of the molecule is Cc1ncsc1C(=O)N[C@@H](C)c1ccc2c(c1)OCCO2. The summed E-state index contributed by atoms with van der Waals surface area (Å²) >= 11 is 1.35. The van der Waals surface area contributed by atoms with Crippen molar-refractivity contribution in [1.82, 2.24) is 10.3 Å². The first-order chi connectivity index (χ1) is 10.1. The van der Waals surface area contributed by atoms with Crippen LogP contribution in [0.4, 0.5) is 0 Å². The number of amides is 1. The normalized spacial score (nSPS) is 14.6. The molecule has 0 saturated heterocycles. The van der Waals surface area contributed by atoms with E-state index in [-0.39, 0.29) is 11.9 Å². The molecule has 0 saturated carbocycles. The standard InChI is InChI=1S/C15H16N2O3S/c1-9(17-15(18)14-10(2)16-8-21-14)11-3-4-12-13(7-11)20-6-5-19-12/h3-4,7-9H,5-6H2,1-2H3,(H,17,18)/t9-/m0/s1. The summed E-state index contributed by atoms with van der Waals surface area (Å²) in [5.41, 5.74) is 3.42. The second-order valence-electron chi connectivity index (χ2n) is 4.87. The minimum atomic E-state index is -0.116. The highest BCUT2D eigenvalue weighted by molar-refractivity contribution is 7.11. The Morgan fingerprint density at radius 1 is 1.33 bits per heavy atom. The average Bonchev–Trinajstić information content (AvgIpc) is 2.93. The van der Waals surface area contributed by atoms with Crippen LogP contribution < -0.4 is 14.8 Å². The molecule has 110 valence electrons. The Bertz CT molecular complexity index is 669. The Morgan fingerprint density at radius 3 is 2.81 bits per heavy atom. The largest absolute Gasteiger partial charge is 0.486 e. The van der Waals surface area contributed by atoms with E-state index in [4.69, 9.17) is 9.47 Å². The number of aryl methyl sites for hydroxylation is 1. The van der Waals surface area contributed by atoms with Gasteiger partial charge in [-0.3, -0.25) is 4.79 Å². The molecule has 1 aliphatic rings. The van der Waals surface area contributed by atoms with Gasteiger partial charge in [0, 0.05) is 0 Å². The van der Waals surface area contributed by atoms with Gasteiger partial charge in [-0.25, -0.2) is 4.98 Å². The summed E-state index contributed by atoms with van der Waals surface area (Å²) in [4.78, 5) is 17.0. The molecule has 0 fully saturated rings. The smallest absolute Gasteiger partial charge is 0.263 e. The molecule has 0 unspecified atom stereocenters. The van der Waals surface area contributed by atoms with E-state index < -0.39 is 0 Å². The first-order valence-corrected chi connectivity index (χ1v) is 7.63. The number of thiazole rings is 1. The third-order valence-corrected chi connectivity index (χ3v) is 4.29. The summed E-state index contributed by atoms with van der Waals surface area (Å²) in [6.07, 6.45) is 0. The molecule has 1 aromatic carbocycles. The molecule has 0 radical (unpaired) electrons. The number of benzene rings is 1. The van der Waals surface area contributed by atoms with Crippen molar-refractivity contribution in [3.05, 3.63) is 39.8 Å². The minimum Gasteiger partial charge on any atom is -0.486 e. The van der Waals surface area contributed by atoms with Gasteiger partial charge >= 0.3 is 0 Å². The Hall–Kier alpha value is -2.08. The summed E-state index contributed by atoms with van der Waals surface area (Å²) in [5, 5.41) is 2.98. The fourth-order valence-corrected chi connectivity index (χ4v) is 2.90. The van der Waals surface area contributed by atoms with Crippen LogP contribution in [0.2, 0.25) is 0 Å². The van der Waals surface area contributed by atoms with Crippen LogP contribution in [0.5, 0.6) is 11.5 Å². The fourth-order valence-electron chi connectivity index (χ4n) is 2.19. The predicted molar refractivity (Wildman–Crippen MR) is 80.2 cm³/mol. The number of aromatic nitrogens is 1. The maximum absolute atomic E-state index is 12.2. The predicted octanol–water partition coefficient (Wildman–Crippen LogP) is 2.71. The van der Waals surface area contributed by atoms with Gasteiger partial charge in [0.1, 0.15) is 18.1 Å². The van der Waals surface area contributed by atoms with E-state index in [1.54, 1.807) is 5.51 Å². The van der Waals surface area contributed by atoms with E-state index in [2.05, 4.69) is 10.3 Å². The van der Waals surface area contributed by atoms with E-state index in [1.165, 1.54) is 11.3 Å². The maximum Gasteiger partial charge on any atom is 0.263 e. The van der Waals surface area contributed by atoms with Gasteiger partial charge in [-0.05, 0) is 31.5 Å². The summed E-state index contributed by atoms with van der Waals surface area (Å²) in [6, 6.07) is 5.62. The van der Waals surface area contributed by atoms with Crippen LogP contribution in [0.15, 0.2) is 23.7 Å². The van der Waals surface area contributed by atoms with Crippen molar-refractivity contribution in [2.45, 2.75) is 19.9 Å². The molecule has 0 spiro atoms. The summed E-state index contributed by atoms with van der Waals surface area (Å²) in [7, 11) is 0. The molecule has 5 nitrogen and oxygen atoms in total. The number of rotatable bonds is 3. The number of ether oxygens (including phenoxy) is 2. The molecule has 0 bridgehead atoms. The average molecular weight is 304 g/mol. The highest BCUT2D eigenvalue weighted by Crippen LogP contribution is 2.32. The lowest BCUT2D eigenvalue weighted by Gasteiger charge is -2.21. The van der Waals surface area contributed by atoms with Crippen molar-refractivity contribution in [2.24, 2.45) is 0 Å². The summed E-state index contributed by atoms with van der Waals surface area (Å²) < 4.78 is 11.1. The van der Waals surface area contributed by atoms with Gasteiger partial charge in [0.05, 0.1) is 17.2 Å². The molecule has 2 aromatic rings. The molecular weight excluding hydrogens is 288 g/mol. The first-order valence-electron chi connectivity index (χ1n) is 6.75. The van der Waals surface area contributed by atoms with Crippen molar-refractivity contribution >= 4 is 17.2 Å². The van der Waals surface area contributed by atoms with Gasteiger partial charge in [0.15, 0.2) is 11.5 Å². The zero-order valence-electron chi connectivity index (χ0n) is 11.9. The van der Waals surface area contributed by atoms with Gasteiger partial charge < -0.3 is 14.8 Å². The van der Waals surface area contributed by atoms with Gasteiger partial charge in [0.25, 0.3) is 5.91 Å². The molecule has 0 aliphatic carbocycles. The minimum absolute atomic E-state index is 0.0996. The van der Waals surface area contributed by atoms with E-state index in [9.17, 15) is 4.79 Å². The molecule has 1 N–H and O–H groups in total. The number of hydrogen-bond donors (Lipinski definition) is 1. The van der Waals surface area contributed by atoms with Gasteiger partial charge in [-0.1, -0.05) is 6.07 Å². The molecular formula is C15H16N2O3S. The number of fused-ring (bicyclic) bond motifs is 1. The lowest BCUT2D eigenvalue weighted by atomic mass is 10.1. The third-order valence-electron chi connectivity index (χ3n) is 3.37. The van der Waals surface area contributed by atoms with Crippen molar-refractivity contribution < 1.29 is 14.3 Å². The summed E-state index contributed by atoms with van der Waals surface area (Å²) in [6.45, 7) is 4.90. The second kappa shape index (κ2) is 5.73. The molecule has 21 heavy (non-hydrogen) atoms. The molecule has 6 heteroatoms. The van der Waals surface area contributed by atoms with Crippen LogP contribution in [-0.4, -0.2) is 24.1 Å². The number of carbonyl (C=O) groups excluding carboxylic acids is 1. The zero-order chi connectivity index (χ0) is 14.8. The monoisotopic (exact) mass is 304 g/mol. The van der Waals surface area contributed by atoms with Crippen LogP contribution in [0, 0.1) is 6.92 Å². The topological polar surface area (TPSA) is 60.5 Å². The van der Waals surface area contributed by atoms with Crippen molar-refractivity contribution in [2.75, 3.05) is 13.2 Å². The van der Waals surface area contributed by atoms with Crippen molar-refractivity contribution in [1.29, 1.82) is 0 Å². The van der Waals surface area contributed by atoms with E-state index in [1.807, 2.05) is 32.0 Å². The van der Waals surface area contributed by atoms with Gasteiger partial charge in [-0.15, -0.1) is 11.3 Å². The molecule has 3 rings (SSSR count). The maximum atomic E-state index is 12.2. The van der Waals surface area contributed by atoms with Crippen LogP contribution >= 0.6 is 11.3 Å². The lowest BCUT2D eigenvalue weighted by Crippen LogP contribution is -2.26. The molecule has 1 amide bonds. The molecule has 1 atom stereocenters. The lowest BCUT2D eigenvalue weighted by molar-refractivity contribution is 0.0943. The highest BCUT2D eigenvalue weighted by atomic mass is 32.1. The van der Waals surface area contributed by atoms with Crippen molar-refractivity contribution in [3.63, 3.8) is 0 Å². The molecule has 1 aromatic heterocycles. The zero-order valence-corrected chi connectivity index (χ0v) is 12.7. The van der Waals surface area contributed by atoms with Crippen LogP contribution in [0.3, 0.4) is 0 Å². The fraction of sp³-hybridized carbons (Fsp3) is 0.333. The van der Waals surface area contributed by atoms with Crippen molar-refractivity contribution in [3.8, 4) is 11.5 Å². The number of carbonyl (C=O) groups is 1. The van der Waals surface area contributed by atoms with Gasteiger partial charge in [-0.2, -0.15) is 0 Å². The molecule has 1 aliphatic heterocycles. The third kappa shape index (κ3) is 2.85. The van der Waals surface area contributed by atoms with E-state index in [0.29, 0.717) is 18.1 Å². The summed E-state index contributed by atoms with van der Waals surface area (Å²) in [5.74, 6) is 1.38.